The summed E-state index contributed by atoms with van der Waals surface area (Å²) in [4.78, 5) is 0.343. The van der Waals surface area contributed by atoms with Crippen molar-refractivity contribution in [3.63, 3.8) is 0 Å². The Balaban J connectivity index is 1.74. The van der Waals surface area contributed by atoms with Crippen LogP contribution in [0.15, 0.2) is 47.4 Å². The first-order chi connectivity index (χ1) is 14.3. The molecule has 2 aromatic rings. The molecule has 162 valence electrons. The molecule has 1 unspecified atom stereocenters. The lowest BCUT2D eigenvalue weighted by atomic mass is 9.81. The number of ether oxygens (including phenoxy) is 1. The van der Waals surface area contributed by atoms with Gasteiger partial charge in [-0.2, -0.15) is 0 Å². The molecule has 6 nitrogen and oxygen atoms in total. The Bertz CT molecular complexity index is 1010. The zero-order chi connectivity index (χ0) is 21.5. The van der Waals surface area contributed by atoms with Crippen molar-refractivity contribution in [2.75, 3.05) is 20.6 Å². The van der Waals surface area contributed by atoms with Gasteiger partial charge in [0.15, 0.2) is 0 Å². The highest BCUT2D eigenvalue weighted by Crippen LogP contribution is 2.41. The van der Waals surface area contributed by atoms with E-state index in [4.69, 9.17) is 10.6 Å². The molecule has 0 amide bonds. The number of benzene rings is 2. The smallest absolute Gasteiger partial charge is 0.242 e. The summed E-state index contributed by atoms with van der Waals surface area (Å²) < 4.78 is 33.1. The largest absolute Gasteiger partial charge is 0.490 e. The summed E-state index contributed by atoms with van der Waals surface area (Å²) in [5.41, 5.74) is 3.16. The van der Waals surface area contributed by atoms with E-state index in [-0.39, 0.29) is 18.1 Å². The number of hydrogen-bond acceptors (Lipinski definition) is 5. The highest BCUT2D eigenvalue weighted by atomic mass is 32.2. The topological polar surface area (TPSA) is 75.9 Å². The number of rotatable bonds is 5. The van der Waals surface area contributed by atoms with Crippen LogP contribution in [0.3, 0.4) is 0 Å². The van der Waals surface area contributed by atoms with E-state index in [1.807, 2.05) is 36.2 Å². The molecule has 2 N–H and O–H groups in total. The van der Waals surface area contributed by atoms with E-state index < -0.39 is 10.0 Å². The highest BCUT2D eigenvalue weighted by molar-refractivity contribution is 7.89. The number of hydrazine groups is 1. The molecular weight excluding hydrogens is 398 g/mol. The Labute approximate surface area is 179 Å². The average molecular weight is 430 g/mol. The van der Waals surface area contributed by atoms with Crippen molar-refractivity contribution >= 4 is 10.0 Å². The molecular formula is C23H31N3O3S. The minimum Gasteiger partial charge on any atom is -0.490 e. The first kappa shape index (κ1) is 21.3. The van der Waals surface area contributed by atoms with Crippen LogP contribution in [0.2, 0.25) is 0 Å². The van der Waals surface area contributed by atoms with Gasteiger partial charge in [-0.05, 0) is 60.9 Å². The van der Waals surface area contributed by atoms with Gasteiger partial charge in [-0.3, -0.25) is 5.84 Å². The van der Waals surface area contributed by atoms with E-state index in [1.165, 1.54) is 9.87 Å². The van der Waals surface area contributed by atoms with Crippen LogP contribution in [0, 0.1) is 5.92 Å². The monoisotopic (exact) mass is 429 g/mol. The van der Waals surface area contributed by atoms with Gasteiger partial charge >= 0.3 is 0 Å². The van der Waals surface area contributed by atoms with Gasteiger partial charge in [0.05, 0.1) is 10.9 Å². The first-order valence-electron chi connectivity index (χ1n) is 10.6. The molecule has 4 rings (SSSR count). The van der Waals surface area contributed by atoms with Crippen LogP contribution < -0.4 is 10.6 Å². The maximum Gasteiger partial charge on any atom is 0.242 e. The fourth-order valence-electron chi connectivity index (χ4n) is 4.80. The summed E-state index contributed by atoms with van der Waals surface area (Å²) in [6, 6.07) is 14.0. The Morgan fingerprint density at radius 1 is 1.20 bits per heavy atom. The Morgan fingerprint density at radius 2 is 1.93 bits per heavy atom. The first-order valence-corrected chi connectivity index (χ1v) is 12.0. The molecule has 2 aliphatic heterocycles. The molecule has 0 spiro atoms. The molecule has 0 radical (unpaired) electrons. The molecule has 0 aliphatic carbocycles. The second kappa shape index (κ2) is 8.30. The van der Waals surface area contributed by atoms with Crippen molar-refractivity contribution in [3.8, 4) is 5.75 Å². The number of nitrogens with two attached hydrogens (primary N) is 1. The quantitative estimate of drug-likeness (QED) is 0.739. The van der Waals surface area contributed by atoms with Crippen molar-refractivity contribution in [1.82, 2.24) is 9.31 Å². The lowest BCUT2D eigenvalue weighted by molar-refractivity contribution is 0.0920. The van der Waals surface area contributed by atoms with Crippen LogP contribution in [0.25, 0.3) is 0 Å². The van der Waals surface area contributed by atoms with E-state index in [9.17, 15) is 8.42 Å². The van der Waals surface area contributed by atoms with Crippen molar-refractivity contribution in [2.45, 2.75) is 49.6 Å². The normalized spacial score (nSPS) is 24.6. The summed E-state index contributed by atoms with van der Waals surface area (Å²) in [6.45, 7) is 2.88. The maximum absolute atomic E-state index is 12.9. The molecule has 2 aliphatic rings. The Morgan fingerprint density at radius 3 is 2.63 bits per heavy atom. The lowest BCUT2D eigenvalue weighted by Gasteiger charge is -2.39. The molecule has 0 aromatic heterocycles. The summed E-state index contributed by atoms with van der Waals surface area (Å²) in [6.07, 6.45) is 3.59. The Hall–Kier alpha value is -1.93. The predicted molar refractivity (Wildman–Crippen MR) is 118 cm³/mol. The van der Waals surface area contributed by atoms with Gasteiger partial charge in [-0.1, -0.05) is 30.3 Å². The zero-order valence-electron chi connectivity index (χ0n) is 17.9. The molecule has 1 saturated heterocycles. The summed E-state index contributed by atoms with van der Waals surface area (Å²) in [5, 5.41) is 1.94. The van der Waals surface area contributed by atoms with E-state index in [2.05, 4.69) is 12.1 Å². The number of nitrogens with zero attached hydrogens (tertiary/aromatic N) is 2. The van der Waals surface area contributed by atoms with Crippen LogP contribution in [0.5, 0.6) is 5.75 Å². The van der Waals surface area contributed by atoms with E-state index in [0.29, 0.717) is 4.90 Å². The Kier molecular flexibility index (Phi) is 5.90. The minimum atomic E-state index is -3.51. The number of sulfonamides is 1. The van der Waals surface area contributed by atoms with Crippen LogP contribution in [-0.4, -0.2) is 44.5 Å². The van der Waals surface area contributed by atoms with Crippen LogP contribution in [0.4, 0.5) is 0 Å². The van der Waals surface area contributed by atoms with Gasteiger partial charge in [0.1, 0.15) is 11.9 Å². The van der Waals surface area contributed by atoms with Crippen LogP contribution in [-0.2, 0) is 22.9 Å². The van der Waals surface area contributed by atoms with E-state index in [0.717, 1.165) is 49.1 Å². The fraction of sp³-hybridized carbons (Fsp3) is 0.478. The molecule has 2 heterocycles. The maximum atomic E-state index is 12.9. The van der Waals surface area contributed by atoms with Gasteiger partial charge in [0.2, 0.25) is 10.0 Å². The fourth-order valence-corrected chi connectivity index (χ4v) is 5.81. The van der Waals surface area contributed by atoms with E-state index >= 15 is 0 Å². The zero-order valence-corrected chi connectivity index (χ0v) is 18.7. The number of fused-ring (bicyclic) bond motifs is 1. The predicted octanol–water partition coefficient (Wildman–Crippen LogP) is 3.13. The molecule has 0 saturated carbocycles. The van der Waals surface area contributed by atoms with Crippen LogP contribution in [0.1, 0.15) is 42.5 Å². The number of hydrogen-bond donors (Lipinski definition) is 1. The van der Waals surface area contributed by atoms with Crippen LogP contribution >= 0.6 is 0 Å². The molecule has 1 fully saturated rings. The molecule has 2 aromatic carbocycles. The lowest BCUT2D eigenvalue weighted by Crippen LogP contribution is -2.44. The standard InChI is InChI=1S/C23H31N3O3S/c1-16-12-19-14-21(30(27,28)25(2)3)15-20(23(19)29-16)13-18-10-7-11-26(24)22(18)17-8-5-4-6-9-17/h4-6,8-9,14-16,18,22H,7,10-13,24H2,1-3H3/t16?,18-,22+/m0/s1. The highest BCUT2D eigenvalue weighted by Gasteiger charge is 2.34. The SMILES string of the molecule is CC1Cc2cc(S(=O)(=O)N(C)C)cc(C[C@@H]3CCCN(N)[C@@H]3c3ccccc3)c2O1. The van der Waals surface area contributed by atoms with Gasteiger partial charge in [0.25, 0.3) is 0 Å². The van der Waals surface area contributed by atoms with Crippen molar-refractivity contribution in [3.05, 3.63) is 59.2 Å². The van der Waals surface area contributed by atoms with Crippen molar-refractivity contribution < 1.29 is 13.2 Å². The third kappa shape index (κ3) is 3.99. The molecule has 30 heavy (non-hydrogen) atoms. The molecule has 3 atom stereocenters. The third-order valence-electron chi connectivity index (χ3n) is 6.24. The van der Waals surface area contributed by atoms with Gasteiger partial charge < -0.3 is 4.74 Å². The molecule has 7 heteroatoms. The third-order valence-corrected chi connectivity index (χ3v) is 8.03. The van der Waals surface area contributed by atoms with E-state index in [1.54, 1.807) is 20.2 Å². The minimum absolute atomic E-state index is 0.0540. The summed E-state index contributed by atoms with van der Waals surface area (Å²) in [5.74, 6) is 7.57. The second-order valence-corrected chi connectivity index (χ2v) is 10.8. The second-order valence-electron chi connectivity index (χ2n) is 8.69. The van der Waals surface area contributed by atoms with Gasteiger partial charge in [-0.15, -0.1) is 0 Å². The van der Waals surface area contributed by atoms with Gasteiger partial charge in [-0.25, -0.2) is 17.7 Å². The summed E-state index contributed by atoms with van der Waals surface area (Å²) in [7, 11) is -0.374. The summed E-state index contributed by atoms with van der Waals surface area (Å²) >= 11 is 0. The van der Waals surface area contributed by atoms with Crippen molar-refractivity contribution in [1.29, 1.82) is 0 Å². The average Bonchev–Trinajstić information content (AvgIpc) is 3.09. The number of piperidine rings is 1. The molecule has 0 bridgehead atoms. The van der Waals surface area contributed by atoms with Gasteiger partial charge in [0, 0.05) is 27.1 Å². The van der Waals surface area contributed by atoms with Crippen molar-refractivity contribution in [2.24, 2.45) is 11.8 Å².